The summed E-state index contributed by atoms with van der Waals surface area (Å²) in [4.78, 5) is 26.3. The summed E-state index contributed by atoms with van der Waals surface area (Å²) in [5, 5.41) is 8.15. The number of unbranched alkanes of at least 4 members (excludes halogenated alkanes) is 1. The van der Waals surface area contributed by atoms with Gasteiger partial charge < -0.3 is 20.1 Å². The number of urea groups is 1. The van der Waals surface area contributed by atoms with Crippen LogP contribution in [0.2, 0.25) is 0 Å². The van der Waals surface area contributed by atoms with Gasteiger partial charge in [-0.05, 0) is 86.4 Å². The molecule has 0 radical (unpaired) electrons. The van der Waals surface area contributed by atoms with Crippen molar-refractivity contribution in [1.82, 2.24) is 16.1 Å². The second-order valence-electron chi connectivity index (χ2n) is 15.5. The van der Waals surface area contributed by atoms with Crippen LogP contribution in [-0.2, 0) is 32.3 Å². The summed E-state index contributed by atoms with van der Waals surface area (Å²) in [5.74, 6) is 5.81. The Morgan fingerprint density at radius 2 is 1.79 bits per heavy atom. The molecule has 1 atom stereocenters. The zero-order valence-corrected chi connectivity index (χ0v) is 35.0. The lowest BCUT2D eigenvalue weighted by Gasteiger charge is -2.25. The number of anilines is 1. The normalized spacial score (nSPS) is 17.2. The minimum absolute atomic E-state index is 0.0294. The number of allylic oxidation sites excluding steroid dienone is 6. The number of fused-ring (bicyclic) bond motifs is 4. The van der Waals surface area contributed by atoms with Crippen molar-refractivity contribution in [2.24, 2.45) is 5.84 Å². The number of rotatable bonds is 17. The summed E-state index contributed by atoms with van der Waals surface area (Å²) < 4.78 is 36.2. The minimum atomic E-state index is -4.26. The average Bonchev–Trinajstić information content (AvgIpc) is 3.51. The highest BCUT2D eigenvalue weighted by atomic mass is 32.2. The van der Waals surface area contributed by atoms with E-state index < -0.39 is 16.1 Å². The van der Waals surface area contributed by atoms with E-state index in [1.807, 2.05) is 13.0 Å². The van der Waals surface area contributed by atoms with Gasteiger partial charge in [0, 0.05) is 65.8 Å². The van der Waals surface area contributed by atoms with E-state index >= 15 is 0 Å². The summed E-state index contributed by atoms with van der Waals surface area (Å²) >= 11 is 1.53. The van der Waals surface area contributed by atoms with Gasteiger partial charge in [0.1, 0.15) is 6.54 Å². The number of nitrogens with one attached hydrogen (secondary N) is 3. The molecule has 56 heavy (non-hydrogen) atoms. The summed E-state index contributed by atoms with van der Waals surface area (Å²) in [6, 6.07) is 18.6. The van der Waals surface area contributed by atoms with E-state index in [0.29, 0.717) is 31.7 Å². The number of hydrazine groups is 1. The van der Waals surface area contributed by atoms with Crippen molar-refractivity contribution in [1.29, 1.82) is 0 Å². The molecule has 2 heterocycles. The first kappa shape index (κ1) is 42.7. The topological polar surface area (TPSA) is 160 Å². The third kappa shape index (κ3) is 9.92. The number of carbonyl (C=O) groups is 2. The minimum Gasteiger partial charge on any atom is -0.748 e. The molecule has 300 valence electrons. The molecule has 3 aromatic rings. The van der Waals surface area contributed by atoms with Crippen LogP contribution in [-0.4, -0.2) is 71.6 Å². The standard InChI is InChI=1S/C43H56N6O5S2/c1-7-48-35-21-19-31(28-45-39(50)29-55-25-23-30(2)46-41(51)47-44)27-34(35)42(3,4)37(48)17-9-8-10-18-38-43(5,6)40-33-16-12-11-15-32(33)20-22-36(40)49(38)24-13-14-26-56(52,53)54/h8-12,15-22,27,30H,7,13-14,23-26,28-29,44H2,1-6H3,(H3-,45,46,47,50,51,52,53,54). The van der Waals surface area contributed by atoms with Crippen molar-refractivity contribution in [3.05, 3.63) is 107 Å². The Balaban J connectivity index is 1.28. The predicted molar refractivity (Wildman–Crippen MR) is 229 cm³/mol. The van der Waals surface area contributed by atoms with Crippen molar-refractivity contribution in [3.63, 3.8) is 0 Å². The molecular formula is C43H56N6O5S2. The molecule has 2 aliphatic rings. The summed E-state index contributed by atoms with van der Waals surface area (Å²) in [6.07, 6.45) is 12.2. The molecule has 0 saturated heterocycles. The monoisotopic (exact) mass is 800 g/mol. The predicted octanol–water partition coefficient (Wildman–Crippen LogP) is 6.66. The lowest BCUT2D eigenvalue weighted by Crippen LogP contribution is -2.44. The molecular weight excluding hydrogens is 745 g/mol. The van der Waals surface area contributed by atoms with E-state index in [2.05, 4.69) is 139 Å². The second kappa shape index (κ2) is 18.2. The number of carbonyl (C=O) groups excluding carboxylic acids is 2. The molecule has 1 unspecified atom stereocenters. The first-order valence-corrected chi connectivity index (χ1v) is 22.0. The van der Waals surface area contributed by atoms with Crippen molar-refractivity contribution >= 4 is 61.7 Å². The molecule has 3 aromatic carbocycles. The van der Waals surface area contributed by atoms with Crippen LogP contribution in [0.1, 0.15) is 77.5 Å². The molecule has 0 fully saturated rings. The SMILES string of the molecule is CCN1/C(=C/C=C/C=C/C2=[N+](CCCCS(=O)(=O)[O-])c3ccc4ccccc4c3C2(C)C)C(C)(C)c2cc(CNC(=O)CSCCC(C)NC(=O)NN)ccc21. The van der Waals surface area contributed by atoms with E-state index in [4.69, 9.17) is 5.84 Å². The van der Waals surface area contributed by atoms with Crippen LogP contribution in [0.4, 0.5) is 16.2 Å². The van der Waals surface area contributed by atoms with Crippen LogP contribution in [0.25, 0.3) is 10.8 Å². The zero-order chi connectivity index (χ0) is 40.7. The lowest BCUT2D eigenvalue weighted by molar-refractivity contribution is -0.438. The van der Waals surface area contributed by atoms with Gasteiger partial charge in [0.05, 0.1) is 21.3 Å². The number of nitrogens with two attached hydrogens (primary N) is 1. The number of hydrogen-bond donors (Lipinski definition) is 4. The maximum absolute atomic E-state index is 12.6. The van der Waals surface area contributed by atoms with Crippen molar-refractivity contribution in [2.75, 3.05) is 35.2 Å². The fourth-order valence-electron chi connectivity index (χ4n) is 7.87. The summed E-state index contributed by atoms with van der Waals surface area (Å²) in [7, 11) is -4.26. The zero-order valence-electron chi connectivity index (χ0n) is 33.4. The average molecular weight is 801 g/mol. The highest BCUT2D eigenvalue weighted by Crippen LogP contribution is 2.48. The van der Waals surface area contributed by atoms with Gasteiger partial charge in [-0.3, -0.25) is 10.2 Å². The second-order valence-corrected chi connectivity index (χ2v) is 18.1. The maximum atomic E-state index is 12.6. The number of thioether (sulfide) groups is 1. The largest absolute Gasteiger partial charge is 0.748 e. The lowest BCUT2D eigenvalue weighted by atomic mass is 9.79. The van der Waals surface area contributed by atoms with E-state index in [0.717, 1.165) is 41.4 Å². The molecule has 0 aromatic heterocycles. The molecule has 0 bridgehead atoms. The van der Waals surface area contributed by atoms with Gasteiger partial charge in [-0.2, -0.15) is 16.3 Å². The Morgan fingerprint density at radius 1 is 1.02 bits per heavy atom. The molecule has 0 spiro atoms. The fourth-order valence-corrected chi connectivity index (χ4v) is 9.38. The van der Waals surface area contributed by atoms with E-state index in [9.17, 15) is 22.6 Å². The highest BCUT2D eigenvalue weighted by molar-refractivity contribution is 7.99. The number of amides is 3. The number of benzene rings is 3. The van der Waals surface area contributed by atoms with Crippen LogP contribution in [0.5, 0.6) is 0 Å². The van der Waals surface area contributed by atoms with Crippen LogP contribution in [0.3, 0.4) is 0 Å². The van der Waals surface area contributed by atoms with E-state index in [1.165, 1.54) is 39.4 Å². The first-order chi connectivity index (χ1) is 26.6. The number of likely N-dealkylation sites (N-methyl/N-ethyl adjacent to an activating group) is 1. The van der Waals surface area contributed by atoms with Gasteiger partial charge in [-0.15, -0.1) is 0 Å². The first-order valence-electron chi connectivity index (χ1n) is 19.3. The molecule has 13 heteroatoms. The molecule has 0 aliphatic carbocycles. The molecule has 2 aliphatic heterocycles. The highest BCUT2D eigenvalue weighted by Gasteiger charge is 2.45. The summed E-state index contributed by atoms with van der Waals surface area (Å²) in [6.45, 7) is 14.8. The third-order valence-electron chi connectivity index (χ3n) is 10.7. The summed E-state index contributed by atoms with van der Waals surface area (Å²) in [5.41, 5.74) is 9.57. The Labute approximate surface area is 336 Å². The maximum Gasteiger partial charge on any atom is 0.329 e. The van der Waals surface area contributed by atoms with E-state index in [1.54, 1.807) is 0 Å². The number of nitrogens with zero attached hydrogens (tertiary/aromatic N) is 2. The van der Waals surface area contributed by atoms with Gasteiger partial charge in [-0.1, -0.05) is 68.5 Å². The Kier molecular flexibility index (Phi) is 13.9. The molecule has 11 nitrogen and oxygen atoms in total. The molecule has 5 rings (SSSR count). The molecule has 5 N–H and O–H groups in total. The van der Waals surface area contributed by atoms with Crippen LogP contribution in [0.15, 0.2) is 90.7 Å². The van der Waals surface area contributed by atoms with E-state index in [-0.39, 0.29) is 28.5 Å². The van der Waals surface area contributed by atoms with Crippen molar-refractivity contribution in [3.8, 4) is 0 Å². The van der Waals surface area contributed by atoms with Gasteiger partial charge in [-0.25, -0.2) is 19.1 Å². The van der Waals surface area contributed by atoms with Gasteiger partial charge >= 0.3 is 6.03 Å². The Bertz CT molecular complexity index is 2170. The van der Waals surface area contributed by atoms with Gasteiger partial charge in [0.25, 0.3) is 0 Å². The van der Waals surface area contributed by atoms with Crippen molar-refractivity contribution < 1.29 is 27.1 Å². The van der Waals surface area contributed by atoms with Crippen LogP contribution in [0, 0.1) is 0 Å². The smallest absolute Gasteiger partial charge is 0.329 e. The molecule has 3 amide bonds. The number of hydrogen-bond acceptors (Lipinski definition) is 8. The quantitative estimate of drug-likeness (QED) is 0.0225. The van der Waals surface area contributed by atoms with Gasteiger partial charge in [0.15, 0.2) is 5.71 Å². The fraction of sp³-hybridized carbons (Fsp3) is 0.419. The third-order valence-corrected chi connectivity index (χ3v) is 12.5. The van der Waals surface area contributed by atoms with Crippen molar-refractivity contribution in [2.45, 2.75) is 84.2 Å². The van der Waals surface area contributed by atoms with Crippen LogP contribution >= 0.6 is 11.8 Å². The molecule has 0 saturated carbocycles. The van der Waals surface area contributed by atoms with Gasteiger partial charge in [0.2, 0.25) is 11.6 Å². The van der Waals surface area contributed by atoms with Crippen LogP contribution < -0.4 is 26.8 Å². The Morgan fingerprint density at radius 3 is 2.52 bits per heavy atom. The Hall–Kier alpha value is -4.43.